The number of hydrogen-bond acceptors (Lipinski definition) is 2. The van der Waals surface area contributed by atoms with Gasteiger partial charge in [0.1, 0.15) is 0 Å². The number of alkyl halides is 2. The van der Waals surface area contributed by atoms with Crippen LogP contribution < -0.4 is 10.1 Å². The van der Waals surface area contributed by atoms with Gasteiger partial charge >= 0.3 is 6.61 Å². The van der Waals surface area contributed by atoms with Crippen LogP contribution in [0, 0.1) is 11.2 Å². The van der Waals surface area contributed by atoms with E-state index in [1.54, 1.807) is 0 Å². The molecule has 2 nitrogen and oxygen atoms in total. The fraction of sp³-hybridized carbons (Fsp3) is 0.538. The minimum atomic E-state index is -3.01. The van der Waals surface area contributed by atoms with E-state index in [1.165, 1.54) is 12.1 Å². The molecule has 0 aliphatic carbocycles. The highest BCUT2D eigenvalue weighted by molar-refractivity contribution is 5.47. The van der Waals surface area contributed by atoms with Crippen molar-refractivity contribution in [2.45, 2.75) is 33.8 Å². The van der Waals surface area contributed by atoms with Gasteiger partial charge in [0.05, 0.1) is 0 Å². The fourth-order valence-corrected chi connectivity index (χ4v) is 1.38. The molecule has 0 aliphatic rings. The Morgan fingerprint density at radius 2 is 1.94 bits per heavy atom. The van der Waals surface area contributed by atoms with E-state index in [9.17, 15) is 13.2 Å². The summed E-state index contributed by atoms with van der Waals surface area (Å²) in [4.78, 5) is 0. The average Bonchev–Trinajstić information content (AvgIpc) is 2.19. The highest BCUT2D eigenvalue weighted by Gasteiger charge is 2.11. The Bertz CT molecular complexity index is 388. The number of nitrogens with one attached hydrogen (secondary N) is 1. The van der Waals surface area contributed by atoms with Crippen molar-refractivity contribution in [1.82, 2.24) is 0 Å². The van der Waals surface area contributed by atoms with Crippen molar-refractivity contribution in [2.24, 2.45) is 5.41 Å². The van der Waals surface area contributed by atoms with E-state index in [2.05, 4.69) is 30.8 Å². The van der Waals surface area contributed by atoms with Gasteiger partial charge in [-0.15, -0.1) is 0 Å². The Balaban J connectivity index is 2.56. The number of halogens is 3. The standard InChI is InChI=1S/C13H18F3NO/c1-13(2,3)6-7-17-9-4-5-11(10(14)8-9)18-12(15)16/h4-5,8,12,17H,6-7H2,1-3H3. The first-order chi connectivity index (χ1) is 8.28. The predicted octanol–water partition coefficient (Wildman–Crippen LogP) is 4.28. The van der Waals surface area contributed by atoms with Gasteiger partial charge in [-0.25, -0.2) is 4.39 Å². The Kier molecular flexibility index (Phi) is 4.87. The summed E-state index contributed by atoms with van der Waals surface area (Å²) in [5.41, 5.74) is 0.739. The van der Waals surface area contributed by atoms with E-state index >= 15 is 0 Å². The molecule has 1 N–H and O–H groups in total. The average molecular weight is 261 g/mol. The Hall–Kier alpha value is -1.39. The highest BCUT2D eigenvalue weighted by Crippen LogP contribution is 2.23. The Morgan fingerprint density at radius 1 is 1.28 bits per heavy atom. The quantitative estimate of drug-likeness (QED) is 0.854. The lowest BCUT2D eigenvalue weighted by atomic mass is 9.92. The van der Waals surface area contributed by atoms with E-state index in [1.807, 2.05) is 0 Å². The van der Waals surface area contributed by atoms with Gasteiger partial charge in [0, 0.05) is 18.3 Å². The van der Waals surface area contributed by atoms with Gasteiger partial charge in [0.25, 0.3) is 0 Å². The second-order valence-electron chi connectivity index (χ2n) is 5.26. The molecule has 102 valence electrons. The van der Waals surface area contributed by atoms with Crippen molar-refractivity contribution in [3.63, 3.8) is 0 Å². The van der Waals surface area contributed by atoms with Gasteiger partial charge in [-0.05, 0) is 24.0 Å². The van der Waals surface area contributed by atoms with Crippen molar-refractivity contribution in [1.29, 1.82) is 0 Å². The summed E-state index contributed by atoms with van der Waals surface area (Å²) in [5, 5.41) is 3.04. The Morgan fingerprint density at radius 3 is 2.44 bits per heavy atom. The van der Waals surface area contributed by atoms with Crippen LogP contribution in [0.15, 0.2) is 18.2 Å². The minimum Gasteiger partial charge on any atom is -0.432 e. The zero-order chi connectivity index (χ0) is 13.8. The topological polar surface area (TPSA) is 21.3 Å². The SMILES string of the molecule is CC(C)(C)CCNc1ccc(OC(F)F)c(F)c1. The summed E-state index contributed by atoms with van der Waals surface area (Å²) < 4.78 is 41.3. The van der Waals surface area contributed by atoms with Gasteiger partial charge in [-0.1, -0.05) is 20.8 Å². The molecule has 0 amide bonds. The van der Waals surface area contributed by atoms with E-state index in [0.717, 1.165) is 12.5 Å². The minimum absolute atomic E-state index is 0.185. The molecule has 1 aromatic rings. The zero-order valence-electron chi connectivity index (χ0n) is 10.8. The van der Waals surface area contributed by atoms with Gasteiger partial charge in [0.2, 0.25) is 0 Å². The van der Waals surface area contributed by atoms with Crippen LogP contribution in [0.5, 0.6) is 5.75 Å². The first-order valence-corrected chi connectivity index (χ1v) is 5.76. The molecule has 0 bridgehead atoms. The maximum atomic E-state index is 13.4. The number of benzene rings is 1. The van der Waals surface area contributed by atoms with Crippen LogP contribution in [0.1, 0.15) is 27.2 Å². The van der Waals surface area contributed by atoms with Crippen LogP contribution in [-0.4, -0.2) is 13.2 Å². The largest absolute Gasteiger partial charge is 0.432 e. The summed E-state index contributed by atoms with van der Waals surface area (Å²) in [6.45, 7) is 4.00. The molecular formula is C13H18F3NO. The third-order valence-electron chi connectivity index (χ3n) is 2.35. The Labute approximate surface area is 105 Å². The lowest BCUT2D eigenvalue weighted by Crippen LogP contribution is -2.13. The van der Waals surface area contributed by atoms with Crippen molar-refractivity contribution in [2.75, 3.05) is 11.9 Å². The normalized spacial score (nSPS) is 11.7. The molecular weight excluding hydrogens is 243 g/mol. The molecule has 0 saturated heterocycles. The fourth-order valence-electron chi connectivity index (χ4n) is 1.38. The molecule has 1 rings (SSSR count). The molecule has 0 unspecified atom stereocenters. The summed E-state index contributed by atoms with van der Waals surface area (Å²) in [6.07, 6.45) is 0.921. The lowest BCUT2D eigenvalue weighted by Gasteiger charge is -2.18. The zero-order valence-corrected chi connectivity index (χ0v) is 10.8. The molecule has 0 spiro atoms. The first-order valence-electron chi connectivity index (χ1n) is 5.76. The molecule has 0 aromatic heterocycles. The van der Waals surface area contributed by atoms with E-state index < -0.39 is 18.2 Å². The molecule has 0 fully saturated rings. The number of rotatable bonds is 5. The second kappa shape index (κ2) is 5.98. The van der Waals surface area contributed by atoms with Crippen LogP contribution in [0.25, 0.3) is 0 Å². The highest BCUT2D eigenvalue weighted by atomic mass is 19.3. The van der Waals surface area contributed by atoms with Gasteiger partial charge in [-0.2, -0.15) is 8.78 Å². The van der Waals surface area contributed by atoms with Crippen molar-refractivity contribution in [3.8, 4) is 5.75 Å². The lowest BCUT2D eigenvalue weighted by molar-refractivity contribution is -0.0521. The summed E-state index contributed by atoms with van der Waals surface area (Å²) in [6, 6.07) is 3.87. The van der Waals surface area contributed by atoms with Crippen LogP contribution >= 0.6 is 0 Å². The third-order valence-corrected chi connectivity index (χ3v) is 2.35. The summed E-state index contributed by atoms with van der Waals surface area (Å²) in [7, 11) is 0. The molecule has 0 atom stereocenters. The predicted molar refractivity (Wildman–Crippen MR) is 65.6 cm³/mol. The number of ether oxygens (including phenoxy) is 1. The van der Waals surface area contributed by atoms with Crippen LogP contribution in [0.3, 0.4) is 0 Å². The molecule has 18 heavy (non-hydrogen) atoms. The van der Waals surface area contributed by atoms with Crippen LogP contribution in [0.4, 0.5) is 18.9 Å². The van der Waals surface area contributed by atoms with Crippen molar-refractivity contribution >= 4 is 5.69 Å². The molecule has 0 radical (unpaired) electrons. The summed E-state index contributed by atoms with van der Waals surface area (Å²) >= 11 is 0. The van der Waals surface area contributed by atoms with E-state index in [4.69, 9.17) is 0 Å². The van der Waals surface area contributed by atoms with Gasteiger partial charge in [0.15, 0.2) is 11.6 Å². The summed E-state index contributed by atoms with van der Waals surface area (Å²) in [5.74, 6) is -1.23. The first kappa shape index (κ1) is 14.7. The maximum Gasteiger partial charge on any atom is 0.387 e. The molecule has 0 aliphatic heterocycles. The van der Waals surface area contributed by atoms with E-state index in [0.29, 0.717) is 12.2 Å². The molecule has 5 heteroatoms. The molecule has 0 saturated carbocycles. The van der Waals surface area contributed by atoms with Gasteiger partial charge in [-0.3, -0.25) is 0 Å². The third kappa shape index (κ3) is 5.29. The van der Waals surface area contributed by atoms with Crippen LogP contribution in [0.2, 0.25) is 0 Å². The van der Waals surface area contributed by atoms with E-state index in [-0.39, 0.29) is 5.41 Å². The number of hydrogen-bond donors (Lipinski definition) is 1. The van der Waals surface area contributed by atoms with Gasteiger partial charge < -0.3 is 10.1 Å². The van der Waals surface area contributed by atoms with Crippen molar-refractivity contribution < 1.29 is 17.9 Å². The number of anilines is 1. The molecule has 0 heterocycles. The molecule has 1 aromatic carbocycles. The monoisotopic (exact) mass is 261 g/mol. The second-order valence-corrected chi connectivity index (χ2v) is 5.26. The smallest absolute Gasteiger partial charge is 0.387 e. The van der Waals surface area contributed by atoms with Crippen molar-refractivity contribution in [3.05, 3.63) is 24.0 Å². The van der Waals surface area contributed by atoms with Crippen LogP contribution in [-0.2, 0) is 0 Å². The maximum absolute atomic E-state index is 13.4.